The number of para-hydroxylation sites is 2. The van der Waals surface area contributed by atoms with Gasteiger partial charge in [-0.2, -0.15) is 0 Å². The molecule has 3 aliphatic rings. The SMILES string of the molecule is C1=CC2c3ccccc3N(c3cccc4oc5c(-c6ccc7c(c6)oc6ccc(C8N=C(c9ccccc9)N=C(c9ccccc9)N8)cc67)cccc5c34)C2C=C1. The third-order valence-corrected chi connectivity index (χ3v) is 11.7. The number of nitrogens with one attached hydrogen (secondary N) is 1. The Balaban J connectivity index is 0.939. The molecule has 0 fully saturated rings. The van der Waals surface area contributed by atoms with Crippen molar-refractivity contribution in [3.8, 4) is 11.1 Å². The van der Waals surface area contributed by atoms with Crippen LogP contribution in [0.3, 0.4) is 0 Å². The van der Waals surface area contributed by atoms with Crippen LogP contribution < -0.4 is 10.2 Å². The molecular formula is C51H34N4O2. The lowest BCUT2D eigenvalue weighted by Gasteiger charge is -2.29. The number of aliphatic imine (C=N–C) groups is 2. The summed E-state index contributed by atoms with van der Waals surface area (Å²) in [5, 5.41) is 7.91. The molecule has 0 radical (unpaired) electrons. The summed E-state index contributed by atoms with van der Waals surface area (Å²) in [6, 6.07) is 55.1. The predicted molar refractivity (Wildman–Crippen MR) is 232 cm³/mol. The van der Waals surface area contributed by atoms with Crippen LogP contribution in [0.4, 0.5) is 11.4 Å². The van der Waals surface area contributed by atoms with E-state index in [0.717, 1.165) is 83.2 Å². The van der Waals surface area contributed by atoms with Crippen molar-refractivity contribution in [2.24, 2.45) is 9.98 Å². The Labute approximate surface area is 328 Å². The van der Waals surface area contributed by atoms with Crippen LogP contribution in [-0.2, 0) is 0 Å². The molecule has 1 N–H and O–H groups in total. The predicted octanol–water partition coefficient (Wildman–Crippen LogP) is 12.4. The normalized spacial score (nSPS) is 18.5. The molecule has 3 unspecified atom stereocenters. The van der Waals surface area contributed by atoms with E-state index in [0.29, 0.717) is 11.8 Å². The fraction of sp³-hybridized carbons (Fsp3) is 0.0588. The maximum absolute atomic E-state index is 6.78. The average Bonchev–Trinajstić information content (AvgIpc) is 3.96. The summed E-state index contributed by atoms with van der Waals surface area (Å²) in [5.41, 5.74) is 12.2. The molecule has 1 aliphatic carbocycles. The van der Waals surface area contributed by atoms with Crippen molar-refractivity contribution in [3.05, 3.63) is 204 Å². The zero-order valence-electron chi connectivity index (χ0n) is 30.7. The highest BCUT2D eigenvalue weighted by Gasteiger charge is 2.38. The van der Waals surface area contributed by atoms with Gasteiger partial charge in [-0.15, -0.1) is 0 Å². The molecule has 0 saturated carbocycles. The van der Waals surface area contributed by atoms with Crippen molar-refractivity contribution in [1.82, 2.24) is 5.32 Å². The maximum Gasteiger partial charge on any atom is 0.159 e. The second kappa shape index (κ2) is 12.5. The van der Waals surface area contributed by atoms with Crippen LogP contribution in [0, 0.1) is 0 Å². The molecule has 9 aromatic rings. The van der Waals surface area contributed by atoms with E-state index in [9.17, 15) is 0 Å². The first-order valence-corrected chi connectivity index (χ1v) is 19.4. The standard InChI is InChI=1S/C51H34N4O2/c1-3-13-31(14-4-1)49-52-50(32-15-5-2-6-16-32)54-51(53-49)34-26-28-44-40(29-34)38-27-25-33(30-46(38)56-44)35-19-11-20-39-47-43(23-12-24-45(47)57-48(35)39)55-41-21-9-7-17-36(41)37-18-8-10-22-42(37)55/h1-30,36,41,51H,(H,52,53,54). The second-order valence-electron chi connectivity index (χ2n) is 14.9. The number of hydrogen-bond donors (Lipinski definition) is 1. The van der Waals surface area contributed by atoms with Gasteiger partial charge in [0.25, 0.3) is 0 Å². The molecule has 6 nitrogen and oxygen atoms in total. The highest BCUT2D eigenvalue weighted by molar-refractivity contribution is 6.17. The van der Waals surface area contributed by atoms with Gasteiger partial charge in [-0.1, -0.05) is 140 Å². The largest absolute Gasteiger partial charge is 0.456 e. The quantitative estimate of drug-likeness (QED) is 0.191. The molecular weight excluding hydrogens is 701 g/mol. The van der Waals surface area contributed by atoms with Crippen molar-refractivity contribution in [3.63, 3.8) is 0 Å². The highest BCUT2D eigenvalue weighted by Crippen LogP contribution is 2.51. The summed E-state index contributed by atoms with van der Waals surface area (Å²) >= 11 is 0. The summed E-state index contributed by atoms with van der Waals surface area (Å²) in [6.45, 7) is 0. The number of fused-ring (bicyclic) bond motifs is 9. The monoisotopic (exact) mass is 734 g/mol. The number of benzene rings is 7. The highest BCUT2D eigenvalue weighted by atomic mass is 16.3. The fourth-order valence-electron chi connectivity index (χ4n) is 9.04. The Bertz CT molecular complexity index is 3190. The number of amidine groups is 2. The molecule has 57 heavy (non-hydrogen) atoms. The van der Waals surface area contributed by atoms with Crippen molar-refractivity contribution in [2.45, 2.75) is 18.1 Å². The van der Waals surface area contributed by atoms with Crippen molar-refractivity contribution >= 4 is 66.9 Å². The third kappa shape index (κ3) is 5.04. The summed E-state index contributed by atoms with van der Waals surface area (Å²) < 4.78 is 13.3. The van der Waals surface area contributed by atoms with Crippen LogP contribution in [-0.4, -0.2) is 17.7 Å². The molecule has 0 spiro atoms. The number of hydrogen-bond acceptors (Lipinski definition) is 6. The van der Waals surface area contributed by atoms with Crippen LogP contribution >= 0.6 is 0 Å². The first-order valence-electron chi connectivity index (χ1n) is 19.4. The zero-order chi connectivity index (χ0) is 37.5. The van der Waals surface area contributed by atoms with E-state index in [4.69, 9.17) is 18.8 Å². The fourth-order valence-corrected chi connectivity index (χ4v) is 9.04. The van der Waals surface area contributed by atoms with Crippen LogP contribution in [0.15, 0.2) is 201 Å². The van der Waals surface area contributed by atoms with Crippen molar-refractivity contribution < 1.29 is 8.83 Å². The van der Waals surface area contributed by atoms with E-state index in [1.165, 1.54) is 11.3 Å². The molecule has 270 valence electrons. The lowest BCUT2D eigenvalue weighted by atomic mass is 9.91. The minimum Gasteiger partial charge on any atom is -0.456 e. The Hall–Kier alpha value is -7.44. The van der Waals surface area contributed by atoms with Crippen LogP contribution in [0.25, 0.3) is 55.0 Å². The molecule has 2 aliphatic heterocycles. The van der Waals surface area contributed by atoms with E-state index in [1.54, 1.807) is 0 Å². The Morgan fingerprint density at radius 1 is 0.544 bits per heavy atom. The molecule has 2 aromatic heterocycles. The van der Waals surface area contributed by atoms with Gasteiger partial charge in [-0.3, -0.25) is 0 Å². The second-order valence-corrected chi connectivity index (χ2v) is 14.9. The summed E-state index contributed by atoms with van der Waals surface area (Å²) in [4.78, 5) is 12.5. The molecule has 0 amide bonds. The number of nitrogens with zero attached hydrogens (tertiary/aromatic N) is 3. The van der Waals surface area contributed by atoms with Gasteiger partial charge in [0.2, 0.25) is 0 Å². The van der Waals surface area contributed by atoms with E-state index < -0.39 is 0 Å². The molecule has 3 atom stereocenters. The number of anilines is 2. The van der Waals surface area contributed by atoms with Crippen molar-refractivity contribution in [2.75, 3.05) is 4.90 Å². The van der Waals surface area contributed by atoms with Gasteiger partial charge in [0.15, 0.2) is 5.84 Å². The number of furan rings is 2. The molecule has 0 saturated heterocycles. The minimum atomic E-state index is -0.331. The molecule has 4 heterocycles. The van der Waals surface area contributed by atoms with Gasteiger partial charge >= 0.3 is 0 Å². The third-order valence-electron chi connectivity index (χ3n) is 11.7. The van der Waals surface area contributed by atoms with E-state index in [2.05, 4.69) is 156 Å². The Morgan fingerprint density at radius 2 is 1.33 bits per heavy atom. The average molecular weight is 735 g/mol. The van der Waals surface area contributed by atoms with Crippen LogP contribution in [0.1, 0.15) is 34.3 Å². The maximum atomic E-state index is 6.78. The summed E-state index contributed by atoms with van der Waals surface area (Å²) in [6.07, 6.45) is 8.64. The van der Waals surface area contributed by atoms with Gasteiger partial charge in [-0.05, 0) is 59.2 Å². The van der Waals surface area contributed by atoms with Crippen LogP contribution in [0.2, 0.25) is 0 Å². The van der Waals surface area contributed by atoms with Gasteiger partial charge in [0, 0.05) is 44.5 Å². The molecule has 0 bridgehead atoms. The Morgan fingerprint density at radius 3 is 2.23 bits per heavy atom. The van der Waals surface area contributed by atoms with Crippen molar-refractivity contribution in [1.29, 1.82) is 0 Å². The van der Waals surface area contributed by atoms with Crippen LogP contribution in [0.5, 0.6) is 0 Å². The van der Waals surface area contributed by atoms with Gasteiger partial charge in [0.05, 0.1) is 17.1 Å². The first kappa shape index (κ1) is 31.9. The van der Waals surface area contributed by atoms with E-state index >= 15 is 0 Å². The van der Waals surface area contributed by atoms with Gasteiger partial charge in [0.1, 0.15) is 34.3 Å². The summed E-state index contributed by atoms with van der Waals surface area (Å²) in [7, 11) is 0. The topological polar surface area (TPSA) is 66.3 Å². The van der Waals surface area contributed by atoms with E-state index in [-0.39, 0.29) is 12.2 Å². The first-order chi connectivity index (χ1) is 28.2. The van der Waals surface area contributed by atoms with Gasteiger partial charge < -0.3 is 19.1 Å². The number of rotatable bonds is 5. The zero-order valence-corrected chi connectivity index (χ0v) is 30.7. The smallest absolute Gasteiger partial charge is 0.159 e. The lowest BCUT2D eigenvalue weighted by molar-refractivity contribution is 0.663. The Kier molecular flexibility index (Phi) is 7.01. The van der Waals surface area contributed by atoms with Gasteiger partial charge in [-0.25, -0.2) is 9.98 Å². The lowest BCUT2D eigenvalue weighted by Crippen LogP contribution is -2.33. The number of allylic oxidation sites excluding steroid dienone is 2. The molecule has 7 aromatic carbocycles. The molecule has 6 heteroatoms. The summed E-state index contributed by atoms with van der Waals surface area (Å²) in [5.74, 6) is 1.80. The molecule has 12 rings (SSSR count). The van der Waals surface area contributed by atoms with E-state index in [1.807, 2.05) is 36.4 Å². The minimum absolute atomic E-state index is 0.202.